The predicted octanol–water partition coefficient (Wildman–Crippen LogP) is 4.02. The molecule has 3 aliphatic rings. The van der Waals surface area contributed by atoms with Gasteiger partial charge in [0.1, 0.15) is 5.76 Å². The Morgan fingerprint density at radius 2 is 1.92 bits per heavy atom. The third-order valence-corrected chi connectivity index (χ3v) is 6.00. The Morgan fingerprint density at radius 1 is 1.12 bits per heavy atom. The Hall–Kier alpha value is -0.760. The summed E-state index contributed by atoms with van der Waals surface area (Å²) in [5.41, 5.74) is 0.169. The minimum atomic E-state index is 0. The first-order valence-electron chi connectivity index (χ1n) is 10.1. The van der Waals surface area contributed by atoms with E-state index in [1.165, 1.54) is 44.9 Å². The van der Waals surface area contributed by atoms with Crippen molar-refractivity contribution in [3.05, 3.63) is 24.2 Å². The number of rotatable bonds is 5. The van der Waals surface area contributed by atoms with Crippen LogP contribution < -0.4 is 10.6 Å². The highest BCUT2D eigenvalue weighted by Crippen LogP contribution is 2.42. The van der Waals surface area contributed by atoms with Crippen LogP contribution in [0.4, 0.5) is 0 Å². The number of hydrogen-bond acceptors (Lipinski definition) is 3. The predicted molar refractivity (Wildman–Crippen MR) is 114 cm³/mol. The largest absolute Gasteiger partial charge is 0.469 e. The molecule has 4 rings (SSSR count). The molecule has 1 aromatic heterocycles. The second-order valence-corrected chi connectivity index (χ2v) is 7.90. The maximum atomic E-state index is 6.06. The van der Waals surface area contributed by atoms with Crippen LogP contribution in [-0.2, 0) is 11.2 Å². The van der Waals surface area contributed by atoms with E-state index in [-0.39, 0.29) is 29.6 Å². The van der Waals surface area contributed by atoms with E-state index in [0.717, 1.165) is 44.1 Å². The zero-order valence-electron chi connectivity index (χ0n) is 15.5. The van der Waals surface area contributed by atoms with Crippen LogP contribution in [0.5, 0.6) is 0 Å². The Morgan fingerprint density at radius 3 is 2.62 bits per heavy atom. The molecule has 1 atom stereocenters. The molecule has 146 valence electrons. The molecule has 0 bridgehead atoms. The van der Waals surface area contributed by atoms with Gasteiger partial charge in [0, 0.05) is 31.7 Å². The topological polar surface area (TPSA) is 58.8 Å². The number of nitrogens with zero attached hydrogens (tertiary/aromatic N) is 1. The fourth-order valence-electron chi connectivity index (χ4n) is 4.39. The van der Waals surface area contributed by atoms with Crippen LogP contribution >= 0.6 is 24.0 Å². The first-order chi connectivity index (χ1) is 12.3. The molecule has 0 amide bonds. The Labute approximate surface area is 173 Å². The van der Waals surface area contributed by atoms with Crippen molar-refractivity contribution in [2.75, 3.05) is 13.2 Å². The summed E-state index contributed by atoms with van der Waals surface area (Å²) in [7, 11) is 0. The van der Waals surface area contributed by atoms with E-state index in [0.29, 0.717) is 12.1 Å². The van der Waals surface area contributed by atoms with Gasteiger partial charge in [0.25, 0.3) is 0 Å². The van der Waals surface area contributed by atoms with Crippen molar-refractivity contribution in [2.24, 2.45) is 4.99 Å². The van der Waals surface area contributed by atoms with Gasteiger partial charge in [-0.15, -0.1) is 24.0 Å². The van der Waals surface area contributed by atoms with Gasteiger partial charge in [-0.3, -0.25) is 4.99 Å². The van der Waals surface area contributed by atoms with E-state index < -0.39 is 0 Å². The lowest BCUT2D eigenvalue weighted by Gasteiger charge is -2.47. The normalized spacial score (nSPS) is 25.5. The van der Waals surface area contributed by atoms with Gasteiger partial charge in [0.05, 0.1) is 11.9 Å². The number of aliphatic imine (C=N–C) groups is 1. The Kier molecular flexibility index (Phi) is 7.26. The van der Waals surface area contributed by atoms with Gasteiger partial charge in [-0.05, 0) is 57.1 Å². The number of guanidine groups is 1. The van der Waals surface area contributed by atoms with Crippen molar-refractivity contribution in [3.63, 3.8) is 0 Å². The van der Waals surface area contributed by atoms with Crippen molar-refractivity contribution < 1.29 is 9.15 Å². The average molecular weight is 473 g/mol. The van der Waals surface area contributed by atoms with E-state index in [2.05, 4.69) is 10.6 Å². The molecule has 1 aromatic rings. The Bertz CT molecular complexity index is 566. The number of hydrogen-bond donors (Lipinski definition) is 2. The minimum Gasteiger partial charge on any atom is -0.469 e. The molecular weight excluding hydrogens is 441 g/mol. The number of halogens is 1. The number of ether oxygens (including phenoxy) is 1. The van der Waals surface area contributed by atoms with Crippen molar-refractivity contribution in [1.29, 1.82) is 0 Å². The second kappa shape index (κ2) is 9.44. The monoisotopic (exact) mass is 473 g/mol. The van der Waals surface area contributed by atoms with Crippen LogP contribution in [0.15, 0.2) is 27.8 Å². The van der Waals surface area contributed by atoms with Crippen LogP contribution in [0.25, 0.3) is 0 Å². The molecule has 2 heterocycles. The molecule has 1 saturated heterocycles. The Balaban J connectivity index is 0.00000196. The summed E-state index contributed by atoms with van der Waals surface area (Å²) in [6.07, 6.45) is 13.7. The molecule has 3 fully saturated rings. The molecule has 6 heteroatoms. The van der Waals surface area contributed by atoms with Gasteiger partial charge in [0.15, 0.2) is 5.96 Å². The lowest BCUT2D eigenvalue weighted by atomic mass is 9.74. The second-order valence-electron chi connectivity index (χ2n) is 7.90. The van der Waals surface area contributed by atoms with Crippen LogP contribution in [0.2, 0.25) is 0 Å². The highest BCUT2D eigenvalue weighted by Gasteiger charge is 2.42. The van der Waals surface area contributed by atoms with Crippen molar-refractivity contribution in [1.82, 2.24) is 10.6 Å². The van der Waals surface area contributed by atoms with Crippen molar-refractivity contribution in [2.45, 2.75) is 81.9 Å². The van der Waals surface area contributed by atoms with E-state index in [1.807, 2.05) is 12.1 Å². The van der Waals surface area contributed by atoms with Crippen molar-refractivity contribution >= 4 is 29.9 Å². The molecule has 2 aliphatic carbocycles. The van der Waals surface area contributed by atoms with Crippen LogP contribution in [0, 0.1) is 0 Å². The van der Waals surface area contributed by atoms with E-state index in [9.17, 15) is 0 Å². The summed E-state index contributed by atoms with van der Waals surface area (Å²) in [4.78, 5) is 4.84. The van der Waals surface area contributed by atoms with E-state index >= 15 is 0 Å². The fraction of sp³-hybridized carbons (Fsp3) is 0.750. The molecule has 0 aromatic carbocycles. The summed E-state index contributed by atoms with van der Waals surface area (Å²) in [5, 5.41) is 7.39. The number of nitrogens with one attached hydrogen (secondary N) is 2. The lowest BCUT2D eigenvalue weighted by Crippen LogP contribution is -2.54. The number of furan rings is 1. The van der Waals surface area contributed by atoms with E-state index in [4.69, 9.17) is 14.1 Å². The van der Waals surface area contributed by atoms with Crippen LogP contribution in [0.1, 0.15) is 63.5 Å². The maximum absolute atomic E-state index is 6.06. The molecule has 1 unspecified atom stereocenters. The van der Waals surface area contributed by atoms with E-state index in [1.54, 1.807) is 6.26 Å². The lowest BCUT2D eigenvalue weighted by molar-refractivity contribution is -0.134. The zero-order chi connectivity index (χ0) is 17.0. The summed E-state index contributed by atoms with van der Waals surface area (Å²) in [6.45, 7) is 1.63. The minimum absolute atomic E-state index is 0. The maximum Gasteiger partial charge on any atom is 0.191 e. The SMILES string of the molecule is I.c1coc(CCN=C(NC2CCCC2)NC2CCOC3(CCC3)C2)c1. The molecule has 2 N–H and O–H groups in total. The molecule has 5 nitrogen and oxygen atoms in total. The molecule has 1 spiro atoms. The standard InChI is InChI=1S/C20H31N3O2.HI/c1-2-6-16(5-1)22-19(21-12-8-18-7-3-13-24-18)23-17-9-14-25-20(15-17)10-4-11-20;/h3,7,13,16-17H,1-2,4-6,8-12,14-15H2,(H2,21,22,23);1H. The third-order valence-electron chi connectivity index (χ3n) is 6.00. The highest BCUT2D eigenvalue weighted by molar-refractivity contribution is 14.0. The summed E-state index contributed by atoms with van der Waals surface area (Å²) in [6, 6.07) is 5.01. The zero-order valence-corrected chi connectivity index (χ0v) is 17.9. The van der Waals surface area contributed by atoms with Gasteiger partial charge in [-0.1, -0.05) is 12.8 Å². The summed E-state index contributed by atoms with van der Waals surface area (Å²) >= 11 is 0. The van der Waals surface area contributed by atoms with Gasteiger partial charge in [0.2, 0.25) is 0 Å². The smallest absolute Gasteiger partial charge is 0.191 e. The average Bonchev–Trinajstić information content (AvgIpc) is 3.27. The molecule has 26 heavy (non-hydrogen) atoms. The molecule has 0 radical (unpaired) electrons. The fourth-order valence-corrected chi connectivity index (χ4v) is 4.39. The van der Waals surface area contributed by atoms with Crippen LogP contribution in [-0.4, -0.2) is 36.8 Å². The first kappa shape index (κ1) is 20.0. The van der Waals surface area contributed by atoms with Crippen LogP contribution in [0.3, 0.4) is 0 Å². The van der Waals surface area contributed by atoms with Gasteiger partial charge in [-0.25, -0.2) is 0 Å². The molecular formula is C20H32IN3O2. The highest BCUT2D eigenvalue weighted by atomic mass is 127. The van der Waals surface area contributed by atoms with Crippen molar-refractivity contribution in [3.8, 4) is 0 Å². The summed E-state index contributed by atoms with van der Waals surface area (Å²) < 4.78 is 11.5. The third kappa shape index (κ3) is 5.15. The first-order valence-corrected chi connectivity index (χ1v) is 10.1. The quantitative estimate of drug-likeness (QED) is 0.386. The molecule has 2 saturated carbocycles. The van der Waals surface area contributed by atoms with Gasteiger partial charge < -0.3 is 19.8 Å². The van der Waals surface area contributed by atoms with Gasteiger partial charge >= 0.3 is 0 Å². The molecule has 1 aliphatic heterocycles. The van der Waals surface area contributed by atoms with Gasteiger partial charge in [-0.2, -0.15) is 0 Å². The summed E-state index contributed by atoms with van der Waals surface area (Å²) in [5.74, 6) is 1.99.